The Morgan fingerprint density at radius 3 is 2.59 bits per heavy atom. The van der Waals surface area contributed by atoms with Gasteiger partial charge in [0.05, 0.1) is 12.8 Å². The monoisotopic (exact) mass is 394 g/mol. The second-order valence-corrected chi connectivity index (χ2v) is 5.76. The number of benzene rings is 2. The van der Waals surface area contributed by atoms with Crippen LogP contribution in [0.3, 0.4) is 0 Å². The molecule has 1 amide bonds. The first kappa shape index (κ1) is 18.7. The van der Waals surface area contributed by atoms with E-state index in [2.05, 4.69) is 10.1 Å². The van der Waals surface area contributed by atoms with E-state index in [0.29, 0.717) is 5.56 Å². The molecule has 140 valence electrons. The molecule has 0 spiro atoms. The zero-order valence-corrected chi connectivity index (χ0v) is 14.7. The van der Waals surface area contributed by atoms with Crippen molar-refractivity contribution in [1.29, 1.82) is 0 Å². The average molecular weight is 394 g/mol. The molecule has 5 nitrogen and oxygen atoms in total. The quantitative estimate of drug-likeness (QED) is 0.619. The Balaban J connectivity index is 1.93. The van der Waals surface area contributed by atoms with Crippen LogP contribution in [0.15, 0.2) is 48.2 Å². The Morgan fingerprint density at radius 1 is 1.19 bits per heavy atom. The number of thiocarbonyl (C=S) groups is 1. The Morgan fingerprint density at radius 2 is 1.93 bits per heavy atom. The second kappa shape index (κ2) is 7.67. The summed E-state index contributed by atoms with van der Waals surface area (Å²) in [6.45, 7) is -3.03. The molecule has 1 heterocycles. The van der Waals surface area contributed by atoms with Gasteiger partial charge in [-0.15, -0.1) is 0 Å². The summed E-state index contributed by atoms with van der Waals surface area (Å²) in [5, 5.41) is 2.71. The van der Waals surface area contributed by atoms with Crippen LogP contribution < -0.4 is 19.7 Å². The highest BCUT2D eigenvalue weighted by atomic mass is 32.1. The summed E-state index contributed by atoms with van der Waals surface area (Å²) >= 11 is 5.12. The van der Waals surface area contributed by atoms with Crippen molar-refractivity contribution in [2.24, 2.45) is 0 Å². The van der Waals surface area contributed by atoms with Gasteiger partial charge >= 0.3 is 6.61 Å². The lowest BCUT2D eigenvalue weighted by Crippen LogP contribution is -2.31. The molecule has 0 aromatic heterocycles. The van der Waals surface area contributed by atoms with Gasteiger partial charge in [0.2, 0.25) is 0 Å². The van der Waals surface area contributed by atoms with Crippen molar-refractivity contribution in [2.45, 2.75) is 6.61 Å². The number of carbonyl (C=O) groups is 1. The minimum absolute atomic E-state index is 0.00826. The van der Waals surface area contributed by atoms with Gasteiger partial charge in [-0.05, 0) is 48.1 Å². The number of nitrogens with zero attached hydrogens (tertiary/aromatic N) is 1. The van der Waals surface area contributed by atoms with Crippen LogP contribution >= 0.6 is 12.2 Å². The minimum atomic E-state index is -3.03. The van der Waals surface area contributed by atoms with E-state index in [-0.39, 0.29) is 28.0 Å². The van der Waals surface area contributed by atoms with Crippen LogP contribution in [-0.2, 0) is 4.79 Å². The molecule has 2 aromatic carbocycles. The predicted molar refractivity (Wildman–Crippen MR) is 97.2 cm³/mol. The topological polar surface area (TPSA) is 50.8 Å². The van der Waals surface area contributed by atoms with E-state index < -0.39 is 18.3 Å². The number of anilines is 1. The smallest absolute Gasteiger partial charge is 0.387 e. The van der Waals surface area contributed by atoms with Crippen LogP contribution in [0, 0.1) is 5.82 Å². The molecule has 0 bridgehead atoms. The van der Waals surface area contributed by atoms with Gasteiger partial charge < -0.3 is 14.8 Å². The summed E-state index contributed by atoms with van der Waals surface area (Å²) in [7, 11) is 1.32. The summed E-state index contributed by atoms with van der Waals surface area (Å²) in [6.07, 6.45) is 1.40. The number of halogens is 3. The number of para-hydroxylation sites is 1. The fraction of sp³-hybridized carbons (Fsp3) is 0.111. The Kier molecular flexibility index (Phi) is 5.31. The summed E-state index contributed by atoms with van der Waals surface area (Å²) in [6, 6.07) is 9.98. The lowest BCUT2D eigenvalue weighted by Gasteiger charge is -2.14. The SMILES string of the molecule is COc1ccc(/C=C2\NC(=S)N(c3ccccc3F)C2=O)cc1OC(F)F. The zero-order chi connectivity index (χ0) is 19.6. The number of alkyl halides is 2. The zero-order valence-electron chi connectivity index (χ0n) is 13.9. The van der Waals surface area contributed by atoms with E-state index in [1.807, 2.05) is 0 Å². The molecule has 27 heavy (non-hydrogen) atoms. The lowest BCUT2D eigenvalue weighted by molar-refractivity contribution is -0.113. The average Bonchev–Trinajstić information content (AvgIpc) is 2.89. The van der Waals surface area contributed by atoms with Gasteiger partial charge in [0.15, 0.2) is 16.6 Å². The van der Waals surface area contributed by atoms with E-state index >= 15 is 0 Å². The van der Waals surface area contributed by atoms with E-state index in [9.17, 15) is 18.0 Å². The van der Waals surface area contributed by atoms with Gasteiger partial charge in [0.1, 0.15) is 11.5 Å². The third-order valence-corrected chi connectivity index (χ3v) is 3.97. The standard InChI is InChI=1S/C18H13F3N2O3S/c1-25-14-7-6-10(9-15(14)26-17(20)21)8-12-16(24)23(18(27)22-12)13-5-3-2-4-11(13)19/h2-9,17H,1H3,(H,22,27)/b12-8-. The van der Waals surface area contributed by atoms with Crippen molar-refractivity contribution in [3.8, 4) is 11.5 Å². The molecule has 0 aliphatic carbocycles. The molecule has 0 saturated carbocycles. The van der Waals surface area contributed by atoms with E-state index in [1.54, 1.807) is 12.1 Å². The van der Waals surface area contributed by atoms with Crippen molar-refractivity contribution >= 4 is 35.0 Å². The third kappa shape index (κ3) is 3.87. The maximum absolute atomic E-state index is 14.0. The molecule has 1 aliphatic heterocycles. The van der Waals surface area contributed by atoms with Crippen molar-refractivity contribution < 1.29 is 27.4 Å². The van der Waals surface area contributed by atoms with Gasteiger partial charge in [0.25, 0.3) is 5.91 Å². The maximum atomic E-state index is 14.0. The van der Waals surface area contributed by atoms with Crippen LogP contribution in [0.2, 0.25) is 0 Å². The fourth-order valence-electron chi connectivity index (χ4n) is 2.52. The Hall–Kier alpha value is -3.07. The molecule has 1 N–H and O–H groups in total. The number of hydrogen-bond acceptors (Lipinski definition) is 4. The van der Waals surface area contributed by atoms with Crippen molar-refractivity contribution in [1.82, 2.24) is 5.32 Å². The number of methoxy groups -OCH3 is 1. The molecule has 0 unspecified atom stereocenters. The van der Waals surface area contributed by atoms with Gasteiger partial charge in [-0.25, -0.2) is 9.29 Å². The maximum Gasteiger partial charge on any atom is 0.387 e. The van der Waals surface area contributed by atoms with Crippen molar-refractivity contribution in [3.05, 3.63) is 59.5 Å². The molecule has 1 saturated heterocycles. The van der Waals surface area contributed by atoms with Crippen LogP contribution in [0.4, 0.5) is 18.9 Å². The van der Waals surface area contributed by atoms with Gasteiger partial charge in [0, 0.05) is 0 Å². The summed E-state index contributed by atoms with van der Waals surface area (Å²) in [4.78, 5) is 13.6. The van der Waals surface area contributed by atoms with Gasteiger partial charge in [-0.3, -0.25) is 4.79 Å². The van der Waals surface area contributed by atoms with Crippen LogP contribution in [0.1, 0.15) is 5.56 Å². The molecule has 9 heteroatoms. The summed E-state index contributed by atoms with van der Waals surface area (Å²) in [5.74, 6) is -1.24. The second-order valence-electron chi connectivity index (χ2n) is 5.37. The van der Waals surface area contributed by atoms with Crippen LogP contribution in [0.25, 0.3) is 6.08 Å². The summed E-state index contributed by atoms with van der Waals surface area (Å²) in [5.41, 5.74) is 0.469. The molecule has 3 rings (SSSR count). The molecular formula is C18H13F3N2O3S. The van der Waals surface area contributed by atoms with E-state index in [4.69, 9.17) is 17.0 Å². The number of amides is 1. The largest absolute Gasteiger partial charge is 0.493 e. The molecule has 0 atom stereocenters. The number of hydrogen-bond donors (Lipinski definition) is 1. The number of nitrogens with one attached hydrogen (secondary N) is 1. The molecule has 1 fully saturated rings. The molecule has 2 aromatic rings. The summed E-state index contributed by atoms with van der Waals surface area (Å²) < 4.78 is 48.5. The normalized spacial score (nSPS) is 15.4. The highest BCUT2D eigenvalue weighted by Gasteiger charge is 2.33. The Bertz CT molecular complexity index is 934. The van der Waals surface area contributed by atoms with E-state index in [1.165, 1.54) is 43.5 Å². The fourth-order valence-corrected chi connectivity index (χ4v) is 2.82. The van der Waals surface area contributed by atoms with Gasteiger partial charge in [-0.1, -0.05) is 18.2 Å². The first-order valence-electron chi connectivity index (χ1n) is 7.65. The minimum Gasteiger partial charge on any atom is -0.493 e. The molecule has 1 aliphatic rings. The molecular weight excluding hydrogens is 381 g/mol. The van der Waals surface area contributed by atoms with Gasteiger partial charge in [-0.2, -0.15) is 8.78 Å². The highest BCUT2D eigenvalue weighted by molar-refractivity contribution is 7.80. The van der Waals surface area contributed by atoms with Crippen LogP contribution in [0.5, 0.6) is 11.5 Å². The Labute approximate surface area is 158 Å². The highest BCUT2D eigenvalue weighted by Crippen LogP contribution is 2.31. The lowest BCUT2D eigenvalue weighted by atomic mass is 10.1. The van der Waals surface area contributed by atoms with E-state index in [0.717, 1.165) is 4.90 Å². The van der Waals surface area contributed by atoms with Crippen molar-refractivity contribution in [2.75, 3.05) is 12.0 Å². The van der Waals surface area contributed by atoms with Crippen LogP contribution in [-0.4, -0.2) is 24.7 Å². The first-order valence-corrected chi connectivity index (χ1v) is 8.06. The molecule has 0 radical (unpaired) electrons. The third-order valence-electron chi connectivity index (χ3n) is 3.69. The first-order chi connectivity index (χ1) is 12.9. The number of rotatable bonds is 5. The number of carbonyl (C=O) groups excluding carboxylic acids is 1. The van der Waals surface area contributed by atoms with Crippen molar-refractivity contribution in [3.63, 3.8) is 0 Å². The predicted octanol–water partition coefficient (Wildman–Crippen LogP) is 3.70. The number of ether oxygens (including phenoxy) is 2.